The first-order chi connectivity index (χ1) is 7.27. The second-order valence-corrected chi connectivity index (χ2v) is 2.70. The van der Waals surface area contributed by atoms with Crippen LogP contribution in [0.3, 0.4) is 0 Å². The highest BCUT2D eigenvalue weighted by molar-refractivity contribution is 5.85. The van der Waals surface area contributed by atoms with E-state index in [2.05, 4.69) is 20.5 Å². The topological polar surface area (TPSA) is 79.9 Å². The maximum absolute atomic E-state index is 11.2. The van der Waals surface area contributed by atoms with E-state index in [0.717, 1.165) is 6.42 Å². The van der Waals surface area contributed by atoms with Crippen molar-refractivity contribution in [1.82, 2.24) is 15.2 Å². The minimum Gasteiger partial charge on any atom is -0.460 e. The quantitative estimate of drug-likeness (QED) is 0.716. The van der Waals surface area contributed by atoms with Gasteiger partial charge in [-0.15, -0.1) is 10.2 Å². The summed E-state index contributed by atoms with van der Waals surface area (Å²) in [6, 6.07) is 0. The number of hydrogen-bond donors (Lipinski definition) is 2. The van der Waals surface area contributed by atoms with Crippen LogP contribution in [0.5, 0.6) is 0 Å². The summed E-state index contributed by atoms with van der Waals surface area (Å²) in [5.41, 5.74) is 0. The van der Waals surface area contributed by atoms with Crippen molar-refractivity contribution in [2.75, 3.05) is 11.9 Å². The molecule has 82 valence electrons. The van der Waals surface area contributed by atoms with E-state index in [1.807, 2.05) is 13.0 Å². The molecule has 0 spiro atoms. The number of carbonyl (C=O) groups is 1. The Hall–Kier alpha value is -1.85. The smallest absolute Gasteiger partial charge is 0.376 e. The number of carbonyl (C=O) groups excluding carboxylic acids is 1. The van der Waals surface area contributed by atoms with Gasteiger partial charge in [0.15, 0.2) is 0 Å². The third-order valence-electron chi connectivity index (χ3n) is 1.53. The number of rotatable bonds is 5. The number of allylic oxidation sites excluding steroid dienone is 1. The molecule has 0 aromatic carbocycles. The van der Waals surface area contributed by atoms with Crippen LogP contribution in [0.4, 0.5) is 5.95 Å². The van der Waals surface area contributed by atoms with E-state index < -0.39 is 5.97 Å². The highest BCUT2D eigenvalue weighted by Gasteiger charge is 2.11. The van der Waals surface area contributed by atoms with Gasteiger partial charge in [0, 0.05) is 0 Å². The van der Waals surface area contributed by atoms with Gasteiger partial charge in [0.05, 0.1) is 6.61 Å². The molecule has 2 N–H and O–H groups in total. The minimum atomic E-state index is -0.502. The zero-order valence-electron chi connectivity index (χ0n) is 8.78. The van der Waals surface area contributed by atoms with Crippen LogP contribution >= 0.6 is 0 Å². The molecule has 0 radical (unpaired) electrons. The van der Waals surface area contributed by atoms with Crippen molar-refractivity contribution in [2.24, 2.45) is 0 Å². The second kappa shape index (κ2) is 5.79. The largest absolute Gasteiger partial charge is 0.460 e. The summed E-state index contributed by atoms with van der Waals surface area (Å²) >= 11 is 0. The van der Waals surface area contributed by atoms with Crippen molar-refractivity contribution < 1.29 is 9.53 Å². The number of H-pyrrole nitrogens is 1. The Morgan fingerprint density at radius 1 is 1.53 bits per heavy atom. The number of aromatic amines is 1. The van der Waals surface area contributed by atoms with Gasteiger partial charge in [0.2, 0.25) is 11.8 Å². The molecule has 0 fully saturated rings. The van der Waals surface area contributed by atoms with Crippen LogP contribution < -0.4 is 5.32 Å². The predicted molar refractivity (Wildman–Crippen MR) is 55.4 cm³/mol. The van der Waals surface area contributed by atoms with Gasteiger partial charge in [-0.1, -0.05) is 13.0 Å². The normalized spacial score (nSPS) is 10.5. The first-order valence-corrected chi connectivity index (χ1v) is 4.79. The lowest BCUT2D eigenvalue weighted by atomic mass is 10.5. The van der Waals surface area contributed by atoms with Gasteiger partial charge < -0.3 is 15.0 Å². The molecule has 0 aliphatic heterocycles. The van der Waals surface area contributed by atoms with Crippen LogP contribution in [-0.4, -0.2) is 27.8 Å². The molecule has 1 aromatic heterocycles. The highest BCUT2D eigenvalue weighted by atomic mass is 16.5. The van der Waals surface area contributed by atoms with Crippen LogP contribution in [-0.2, 0) is 4.74 Å². The van der Waals surface area contributed by atoms with Crippen molar-refractivity contribution in [3.05, 3.63) is 18.1 Å². The monoisotopic (exact) mass is 210 g/mol. The third-order valence-corrected chi connectivity index (χ3v) is 1.53. The van der Waals surface area contributed by atoms with E-state index in [-0.39, 0.29) is 5.82 Å². The SMILES string of the molecule is CC/C=C/Nc1nnc(C(=O)OCC)[nH]1. The summed E-state index contributed by atoms with van der Waals surface area (Å²) < 4.78 is 4.75. The van der Waals surface area contributed by atoms with Gasteiger partial charge in [-0.25, -0.2) is 4.79 Å². The summed E-state index contributed by atoms with van der Waals surface area (Å²) in [5.74, 6) is 0.0181. The average molecular weight is 210 g/mol. The molecule has 0 bridgehead atoms. The van der Waals surface area contributed by atoms with Crippen LogP contribution in [0.2, 0.25) is 0 Å². The van der Waals surface area contributed by atoms with Crippen LogP contribution in [0.15, 0.2) is 12.3 Å². The molecular weight excluding hydrogens is 196 g/mol. The fraction of sp³-hybridized carbons (Fsp3) is 0.444. The first-order valence-electron chi connectivity index (χ1n) is 4.79. The van der Waals surface area contributed by atoms with Crippen LogP contribution in [0.1, 0.15) is 30.9 Å². The molecule has 0 aliphatic rings. The van der Waals surface area contributed by atoms with E-state index in [1.165, 1.54) is 0 Å². The van der Waals surface area contributed by atoms with Gasteiger partial charge in [-0.2, -0.15) is 0 Å². The van der Waals surface area contributed by atoms with E-state index in [1.54, 1.807) is 13.1 Å². The molecule has 1 aromatic rings. The number of anilines is 1. The molecule has 0 saturated carbocycles. The number of nitrogens with zero attached hydrogens (tertiary/aromatic N) is 2. The summed E-state index contributed by atoms with van der Waals surface area (Å²) in [6.45, 7) is 4.07. The lowest BCUT2D eigenvalue weighted by Gasteiger charge is -1.95. The molecular formula is C9H14N4O2. The number of ether oxygens (including phenoxy) is 1. The Kier molecular flexibility index (Phi) is 4.33. The first kappa shape index (κ1) is 11.2. The second-order valence-electron chi connectivity index (χ2n) is 2.70. The van der Waals surface area contributed by atoms with Crippen molar-refractivity contribution in [3.8, 4) is 0 Å². The summed E-state index contributed by atoms with van der Waals surface area (Å²) in [5, 5.41) is 10.2. The molecule has 0 aliphatic carbocycles. The molecule has 15 heavy (non-hydrogen) atoms. The summed E-state index contributed by atoms with van der Waals surface area (Å²) in [7, 11) is 0. The van der Waals surface area contributed by atoms with E-state index in [4.69, 9.17) is 4.74 Å². The lowest BCUT2D eigenvalue weighted by molar-refractivity contribution is 0.0512. The van der Waals surface area contributed by atoms with Crippen LogP contribution in [0, 0.1) is 0 Å². The highest BCUT2D eigenvalue weighted by Crippen LogP contribution is 2.00. The van der Waals surface area contributed by atoms with Gasteiger partial charge in [0.25, 0.3) is 0 Å². The zero-order valence-corrected chi connectivity index (χ0v) is 8.78. The Morgan fingerprint density at radius 2 is 2.33 bits per heavy atom. The summed E-state index contributed by atoms with van der Waals surface area (Å²) in [4.78, 5) is 13.9. The molecule has 0 amide bonds. The van der Waals surface area contributed by atoms with Gasteiger partial charge in [-0.3, -0.25) is 0 Å². The van der Waals surface area contributed by atoms with Gasteiger partial charge in [0.1, 0.15) is 0 Å². The lowest BCUT2D eigenvalue weighted by Crippen LogP contribution is -2.06. The fourth-order valence-corrected chi connectivity index (χ4v) is 0.874. The van der Waals surface area contributed by atoms with E-state index >= 15 is 0 Å². The number of nitrogens with one attached hydrogen (secondary N) is 2. The zero-order chi connectivity index (χ0) is 11.1. The number of esters is 1. The Labute approximate surface area is 87.7 Å². The molecule has 0 atom stereocenters. The molecule has 6 nitrogen and oxygen atoms in total. The molecule has 0 saturated heterocycles. The van der Waals surface area contributed by atoms with Gasteiger partial charge >= 0.3 is 5.97 Å². The molecule has 0 unspecified atom stereocenters. The Morgan fingerprint density at radius 3 is 3.00 bits per heavy atom. The van der Waals surface area contributed by atoms with Crippen molar-refractivity contribution >= 4 is 11.9 Å². The molecule has 6 heteroatoms. The van der Waals surface area contributed by atoms with Crippen LogP contribution in [0.25, 0.3) is 0 Å². The fourth-order valence-electron chi connectivity index (χ4n) is 0.874. The number of aromatic nitrogens is 3. The average Bonchev–Trinajstić information content (AvgIpc) is 2.67. The van der Waals surface area contributed by atoms with E-state index in [0.29, 0.717) is 12.6 Å². The Bertz CT molecular complexity index is 346. The number of hydrogen-bond acceptors (Lipinski definition) is 5. The molecule has 1 rings (SSSR count). The van der Waals surface area contributed by atoms with E-state index in [9.17, 15) is 4.79 Å². The standard InChI is InChI=1S/C9H14N4O2/c1-3-5-6-10-9-11-7(12-13-9)8(14)15-4-2/h5-6H,3-4H2,1-2H3,(H2,10,11,12,13)/b6-5+. The van der Waals surface area contributed by atoms with Crippen molar-refractivity contribution in [2.45, 2.75) is 20.3 Å². The van der Waals surface area contributed by atoms with Gasteiger partial charge in [-0.05, 0) is 19.5 Å². The maximum Gasteiger partial charge on any atom is 0.376 e. The third kappa shape index (κ3) is 3.41. The predicted octanol–water partition coefficient (Wildman–Crippen LogP) is 1.32. The summed E-state index contributed by atoms with van der Waals surface area (Å²) in [6.07, 6.45) is 4.58. The molecule has 1 heterocycles. The Balaban J connectivity index is 2.56. The van der Waals surface area contributed by atoms with Crippen molar-refractivity contribution in [3.63, 3.8) is 0 Å². The van der Waals surface area contributed by atoms with Crippen molar-refractivity contribution in [1.29, 1.82) is 0 Å². The maximum atomic E-state index is 11.2. The minimum absolute atomic E-state index is 0.101.